The van der Waals surface area contributed by atoms with Gasteiger partial charge in [0.2, 0.25) is 0 Å². The summed E-state index contributed by atoms with van der Waals surface area (Å²) in [6.45, 7) is 0. The lowest BCUT2D eigenvalue weighted by molar-refractivity contribution is 0.0512. The molecule has 2 aromatic rings. The van der Waals surface area contributed by atoms with E-state index in [9.17, 15) is 4.79 Å². The van der Waals surface area contributed by atoms with Crippen LogP contribution in [0.4, 0.5) is 0 Å². The summed E-state index contributed by atoms with van der Waals surface area (Å²) in [4.78, 5) is 16.9. The zero-order valence-electron chi connectivity index (χ0n) is 12.6. The lowest BCUT2D eigenvalue weighted by atomic mass is 10.2. The molecule has 23 heavy (non-hydrogen) atoms. The highest BCUT2D eigenvalue weighted by molar-refractivity contribution is 6.31. The Morgan fingerprint density at radius 3 is 2.39 bits per heavy atom. The molecular formula is C16H15ClN2O4. The standard InChI is InChI=1S/C16H15ClN2O4/c1-21-12-6-3-10(4-7-12)15(18)19-23-16(20)13-9-11(17)5-8-14(13)22-2/h3-9H,1-2H3,(H2,18,19). The van der Waals surface area contributed by atoms with Crippen molar-refractivity contribution in [3.05, 3.63) is 58.6 Å². The number of rotatable bonds is 5. The number of ether oxygens (including phenoxy) is 2. The van der Waals surface area contributed by atoms with E-state index in [1.54, 1.807) is 43.5 Å². The third-order valence-corrected chi connectivity index (χ3v) is 3.23. The second kappa shape index (κ2) is 7.51. The number of nitrogens with zero attached hydrogens (tertiary/aromatic N) is 1. The van der Waals surface area contributed by atoms with Gasteiger partial charge >= 0.3 is 5.97 Å². The maximum Gasteiger partial charge on any atom is 0.369 e. The number of oxime groups is 1. The van der Waals surface area contributed by atoms with Gasteiger partial charge in [0.25, 0.3) is 0 Å². The average molecular weight is 335 g/mol. The molecule has 0 radical (unpaired) electrons. The van der Waals surface area contributed by atoms with Gasteiger partial charge in [-0.15, -0.1) is 0 Å². The van der Waals surface area contributed by atoms with E-state index < -0.39 is 5.97 Å². The van der Waals surface area contributed by atoms with Crippen LogP contribution in [0.3, 0.4) is 0 Å². The fraction of sp³-hybridized carbons (Fsp3) is 0.125. The van der Waals surface area contributed by atoms with Crippen LogP contribution in [0.1, 0.15) is 15.9 Å². The highest BCUT2D eigenvalue weighted by Gasteiger charge is 2.15. The first-order valence-corrected chi connectivity index (χ1v) is 6.95. The van der Waals surface area contributed by atoms with Crippen molar-refractivity contribution in [3.8, 4) is 11.5 Å². The van der Waals surface area contributed by atoms with Gasteiger partial charge in [-0.2, -0.15) is 0 Å². The molecule has 0 aliphatic heterocycles. The number of methoxy groups -OCH3 is 2. The number of carbonyl (C=O) groups is 1. The van der Waals surface area contributed by atoms with Crippen LogP contribution in [0.25, 0.3) is 0 Å². The summed E-state index contributed by atoms with van der Waals surface area (Å²) in [6, 6.07) is 11.4. The number of carbonyl (C=O) groups excluding carboxylic acids is 1. The van der Waals surface area contributed by atoms with E-state index in [0.717, 1.165) is 0 Å². The first-order chi connectivity index (χ1) is 11.0. The highest BCUT2D eigenvalue weighted by Crippen LogP contribution is 2.23. The van der Waals surface area contributed by atoms with Crippen molar-refractivity contribution in [1.29, 1.82) is 0 Å². The molecule has 0 fully saturated rings. The third-order valence-electron chi connectivity index (χ3n) is 2.99. The molecule has 0 spiro atoms. The van der Waals surface area contributed by atoms with E-state index in [0.29, 0.717) is 22.1 Å². The maximum absolute atomic E-state index is 12.1. The minimum atomic E-state index is -0.721. The molecule has 7 heteroatoms. The average Bonchev–Trinajstić information content (AvgIpc) is 2.59. The zero-order valence-corrected chi connectivity index (χ0v) is 13.3. The van der Waals surface area contributed by atoms with E-state index in [1.807, 2.05) is 0 Å². The zero-order chi connectivity index (χ0) is 16.8. The SMILES string of the molecule is COc1ccc(C(N)=NOC(=O)c2cc(Cl)ccc2OC)cc1. The van der Waals surface area contributed by atoms with E-state index in [1.165, 1.54) is 13.2 Å². The van der Waals surface area contributed by atoms with E-state index >= 15 is 0 Å². The topological polar surface area (TPSA) is 83.1 Å². The Morgan fingerprint density at radius 2 is 1.78 bits per heavy atom. The maximum atomic E-state index is 12.1. The molecule has 0 atom stereocenters. The molecule has 0 aliphatic carbocycles. The van der Waals surface area contributed by atoms with E-state index in [2.05, 4.69) is 5.16 Å². The lowest BCUT2D eigenvalue weighted by Gasteiger charge is -2.07. The molecule has 2 aromatic carbocycles. The largest absolute Gasteiger partial charge is 0.497 e. The normalized spacial score (nSPS) is 11.0. The molecular weight excluding hydrogens is 320 g/mol. The molecule has 0 saturated carbocycles. The molecule has 0 aliphatic rings. The lowest BCUT2D eigenvalue weighted by Crippen LogP contribution is -2.15. The fourth-order valence-electron chi connectivity index (χ4n) is 1.79. The van der Waals surface area contributed by atoms with Crippen molar-refractivity contribution in [1.82, 2.24) is 0 Å². The molecule has 0 heterocycles. The Kier molecular flexibility index (Phi) is 5.43. The predicted molar refractivity (Wildman–Crippen MR) is 87.1 cm³/mol. The quantitative estimate of drug-likeness (QED) is 0.393. The summed E-state index contributed by atoms with van der Waals surface area (Å²) in [6.07, 6.45) is 0. The molecule has 0 aromatic heterocycles. The van der Waals surface area contributed by atoms with Crippen LogP contribution in [0.5, 0.6) is 11.5 Å². The number of amidine groups is 1. The smallest absolute Gasteiger partial charge is 0.369 e. The summed E-state index contributed by atoms with van der Waals surface area (Å²) in [5, 5.41) is 4.02. The summed E-state index contributed by atoms with van der Waals surface area (Å²) in [7, 11) is 3.00. The first kappa shape index (κ1) is 16.6. The van der Waals surface area contributed by atoms with Crippen LogP contribution in [-0.2, 0) is 4.84 Å². The Balaban J connectivity index is 2.15. The molecule has 0 bridgehead atoms. The van der Waals surface area contributed by atoms with Gasteiger partial charge < -0.3 is 20.0 Å². The summed E-state index contributed by atoms with van der Waals surface area (Å²) < 4.78 is 10.1. The fourth-order valence-corrected chi connectivity index (χ4v) is 1.97. The Morgan fingerprint density at radius 1 is 1.09 bits per heavy atom. The molecule has 120 valence electrons. The van der Waals surface area contributed by atoms with Crippen molar-refractivity contribution < 1.29 is 19.1 Å². The van der Waals surface area contributed by atoms with E-state index in [-0.39, 0.29) is 11.4 Å². The van der Waals surface area contributed by atoms with Crippen molar-refractivity contribution in [3.63, 3.8) is 0 Å². The second-order valence-electron chi connectivity index (χ2n) is 4.43. The van der Waals surface area contributed by atoms with Crippen molar-refractivity contribution in [2.24, 2.45) is 10.9 Å². The number of nitrogens with two attached hydrogens (primary N) is 1. The summed E-state index contributed by atoms with van der Waals surface area (Å²) in [5.74, 6) is 0.350. The molecule has 2 rings (SSSR count). The molecule has 0 saturated heterocycles. The molecule has 0 amide bonds. The number of hydrogen-bond donors (Lipinski definition) is 1. The number of benzene rings is 2. The summed E-state index contributed by atoms with van der Waals surface area (Å²) >= 11 is 5.87. The minimum Gasteiger partial charge on any atom is -0.497 e. The molecule has 2 N–H and O–H groups in total. The molecule has 6 nitrogen and oxygen atoms in total. The first-order valence-electron chi connectivity index (χ1n) is 6.58. The van der Waals surface area contributed by atoms with Gasteiger partial charge in [0.15, 0.2) is 5.84 Å². The van der Waals surface area contributed by atoms with Crippen molar-refractivity contribution in [2.45, 2.75) is 0 Å². The number of hydrogen-bond acceptors (Lipinski definition) is 5. The predicted octanol–water partition coefficient (Wildman–Crippen LogP) is 2.83. The van der Waals surface area contributed by atoms with Gasteiger partial charge in [-0.05, 0) is 42.5 Å². The Labute approximate surface area is 138 Å². The van der Waals surface area contributed by atoms with Crippen LogP contribution in [0, 0.1) is 0 Å². The van der Waals surface area contributed by atoms with Crippen LogP contribution in [0.2, 0.25) is 5.02 Å². The van der Waals surface area contributed by atoms with Crippen molar-refractivity contribution >= 4 is 23.4 Å². The third kappa shape index (κ3) is 4.14. The summed E-state index contributed by atoms with van der Waals surface area (Å²) in [5.41, 5.74) is 6.54. The highest BCUT2D eigenvalue weighted by atomic mass is 35.5. The van der Waals surface area contributed by atoms with E-state index in [4.69, 9.17) is 31.6 Å². The monoisotopic (exact) mass is 334 g/mol. The van der Waals surface area contributed by atoms with Gasteiger partial charge in [-0.3, -0.25) is 0 Å². The molecule has 0 unspecified atom stereocenters. The van der Waals surface area contributed by atoms with Gasteiger partial charge in [0.05, 0.1) is 14.2 Å². The van der Waals surface area contributed by atoms with Crippen LogP contribution in [-0.4, -0.2) is 26.0 Å². The van der Waals surface area contributed by atoms with Crippen LogP contribution < -0.4 is 15.2 Å². The van der Waals surface area contributed by atoms with Gasteiger partial charge in [-0.1, -0.05) is 16.8 Å². The van der Waals surface area contributed by atoms with Gasteiger partial charge in [-0.25, -0.2) is 4.79 Å². The minimum absolute atomic E-state index is 0.0574. The van der Waals surface area contributed by atoms with Crippen molar-refractivity contribution in [2.75, 3.05) is 14.2 Å². The second-order valence-corrected chi connectivity index (χ2v) is 4.86. The van der Waals surface area contributed by atoms with Gasteiger partial charge in [0, 0.05) is 10.6 Å². The number of halogens is 1. The Hall–Kier alpha value is -2.73. The van der Waals surface area contributed by atoms with Crippen LogP contribution in [0.15, 0.2) is 47.6 Å². The Bertz CT molecular complexity index is 729. The van der Waals surface area contributed by atoms with Crippen LogP contribution >= 0.6 is 11.6 Å². The van der Waals surface area contributed by atoms with Gasteiger partial charge in [0.1, 0.15) is 17.1 Å².